The summed E-state index contributed by atoms with van der Waals surface area (Å²) in [6, 6.07) is 17.9. The number of para-hydroxylation sites is 1. The highest BCUT2D eigenvalue weighted by Crippen LogP contribution is 2.25. The van der Waals surface area contributed by atoms with Gasteiger partial charge in [0.2, 0.25) is 10.0 Å². The Bertz CT molecular complexity index is 1170. The molecule has 2 aromatic carbocycles. The van der Waals surface area contributed by atoms with Crippen molar-refractivity contribution in [3.8, 4) is 5.75 Å². The second-order valence-electron chi connectivity index (χ2n) is 7.69. The summed E-state index contributed by atoms with van der Waals surface area (Å²) >= 11 is 1.58. The van der Waals surface area contributed by atoms with Crippen LogP contribution >= 0.6 is 11.3 Å². The third-order valence-electron chi connectivity index (χ3n) is 5.55. The zero-order valence-electron chi connectivity index (χ0n) is 17.9. The lowest BCUT2D eigenvalue weighted by molar-refractivity contribution is 0.0730. The van der Waals surface area contributed by atoms with Gasteiger partial charge >= 0.3 is 0 Å². The largest absolute Gasteiger partial charge is 0.496 e. The number of carbonyl (C=O) groups is 1. The molecule has 6 nitrogen and oxygen atoms in total. The molecule has 1 fully saturated rings. The fraction of sp³-hybridized carbons (Fsp3) is 0.292. The van der Waals surface area contributed by atoms with Crippen LogP contribution in [0.3, 0.4) is 0 Å². The number of methoxy groups -OCH3 is 1. The van der Waals surface area contributed by atoms with Crippen molar-refractivity contribution in [1.82, 2.24) is 9.21 Å². The van der Waals surface area contributed by atoms with E-state index in [0.717, 1.165) is 23.3 Å². The van der Waals surface area contributed by atoms with Gasteiger partial charge in [0.15, 0.2) is 0 Å². The molecule has 0 saturated carbocycles. The first-order valence-corrected chi connectivity index (χ1v) is 12.8. The van der Waals surface area contributed by atoms with Crippen molar-refractivity contribution in [3.63, 3.8) is 0 Å². The van der Waals surface area contributed by atoms with Gasteiger partial charge in [-0.3, -0.25) is 4.79 Å². The summed E-state index contributed by atoms with van der Waals surface area (Å²) in [4.78, 5) is 16.5. The predicted molar refractivity (Wildman–Crippen MR) is 125 cm³/mol. The fourth-order valence-corrected chi connectivity index (χ4v) is 6.16. The number of carbonyl (C=O) groups excluding carboxylic acids is 1. The quantitative estimate of drug-likeness (QED) is 0.490. The topological polar surface area (TPSA) is 66.9 Å². The van der Waals surface area contributed by atoms with Gasteiger partial charge in [-0.15, -0.1) is 11.3 Å². The van der Waals surface area contributed by atoms with E-state index < -0.39 is 10.0 Å². The van der Waals surface area contributed by atoms with E-state index in [9.17, 15) is 13.2 Å². The smallest absolute Gasteiger partial charge is 0.254 e. The van der Waals surface area contributed by atoms with Crippen LogP contribution in [0.25, 0.3) is 0 Å². The number of ether oxygens (including phenoxy) is 1. The molecule has 0 unspecified atom stereocenters. The van der Waals surface area contributed by atoms with Gasteiger partial charge in [0, 0.05) is 29.1 Å². The third kappa shape index (κ3) is 4.87. The average molecular weight is 471 g/mol. The van der Waals surface area contributed by atoms with Gasteiger partial charge in [-0.25, -0.2) is 8.42 Å². The maximum atomic E-state index is 13.6. The first kappa shape index (κ1) is 22.5. The number of benzene rings is 2. The molecule has 168 valence electrons. The van der Waals surface area contributed by atoms with E-state index in [2.05, 4.69) is 0 Å². The van der Waals surface area contributed by atoms with Crippen LogP contribution in [0, 0.1) is 0 Å². The molecule has 1 aliphatic heterocycles. The van der Waals surface area contributed by atoms with E-state index in [1.807, 2.05) is 41.8 Å². The van der Waals surface area contributed by atoms with Crippen molar-refractivity contribution in [2.75, 3.05) is 20.2 Å². The summed E-state index contributed by atoms with van der Waals surface area (Å²) in [7, 11) is -1.99. The van der Waals surface area contributed by atoms with Crippen molar-refractivity contribution in [2.24, 2.45) is 0 Å². The summed E-state index contributed by atoms with van der Waals surface area (Å²) in [5, 5.41) is 1.98. The normalized spacial score (nSPS) is 14.4. The Labute approximate surface area is 193 Å². The lowest BCUT2D eigenvalue weighted by Gasteiger charge is -2.24. The van der Waals surface area contributed by atoms with Crippen LogP contribution in [0.15, 0.2) is 70.9 Å². The van der Waals surface area contributed by atoms with Gasteiger partial charge in [0.1, 0.15) is 5.75 Å². The number of sulfonamides is 1. The minimum absolute atomic E-state index is 0.165. The first-order valence-electron chi connectivity index (χ1n) is 10.5. The zero-order chi connectivity index (χ0) is 22.6. The maximum absolute atomic E-state index is 13.6. The molecular formula is C24H26N2O4S2. The van der Waals surface area contributed by atoms with Crippen molar-refractivity contribution >= 4 is 27.3 Å². The summed E-state index contributed by atoms with van der Waals surface area (Å²) in [5.74, 6) is 0.490. The first-order chi connectivity index (χ1) is 15.5. The molecule has 0 N–H and O–H groups in total. The molecule has 4 rings (SSSR count). The third-order valence-corrected chi connectivity index (χ3v) is 8.31. The molecular weight excluding hydrogens is 444 g/mol. The fourth-order valence-electron chi connectivity index (χ4n) is 3.88. The molecule has 0 atom stereocenters. The number of amides is 1. The molecule has 1 amide bonds. The van der Waals surface area contributed by atoms with Gasteiger partial charge in [-0.2, -0.15) is 4.31 Å². The molecule has 1 saturated heterocycles. The van der Waals surface area contributed by atoms with E-state index in [4.69, 9.17) is 4.74 Å². The summed E-state index contributed by atoms with van der Waals surface area (Å²) in [6.45, 7) is 1.83. The number of rotatable bonds is 8. The standard InChI is InChI=1S/C24H26N2O4S2/c1-30-23-12-3-2-8-20(23)17-25(18-21-10-7-15-31-21)24(27)19-9-6-11-22(16-19)32(28,29)26-13-4-5-14-26/h2-3,6-12,15-16H,4-5,13-14,17-18H2,1H3. The average Bonchev–Trinajstić information content (AvgIpc) is 3.53. The van der Waals surface area contributed by atoms with Gasteiger partial charge in [-0.05, 0) is 48.6 Å². The monoisotopic (exact) mass is 470 g/mol. The highest BCUT2D eigenvalue weighted by atomic mass is 32.2. The van der Waals surface area contributed by atoms with Gasteiger partial charge in [0.05, 0.1) is 25.1 Å². The number of thiophene rings is 1. The highest BCUT2D eigenvalue weighted by molar-refractivity contribution is 7.89. The van der Waals surface area contributed by atoms with E-state index in [1.165, 1.54) is 10.4 Å². The minimum Gasteiger partial charge on any atom is -0.496 e. The molecule has 1 aromatic heterocycles. The molecule has 0 radical (unpaired) electrons. The minimum atomic E-state index is -3.60. The molecule has 0 spiro atoms. The van der Waals surface area contributed by atoms with Crippen LogP contribution in [-0.4, -0.2) is 43.7 Å². The van der Waals surface area contributed by atoms with E-state index in [0.29, 0.717) is 37.5 Å². The summed E-state index contributed by atoms with van der Waals surface area (Å²) in [6.07, 6.45) is 1.73. The number of hydrogen-bond donors (Lipinski definition) is 0. The van der Waals surface area contributed by atoms with Gasteiger partial charge in [-0.1, -0.05) is 30.3 Å². The van der Waals surface area contributed by atoms with Crippen LogP contribution in [0.4, 0.5) is 0 Å². The van der Waals surface area contributed by atoms with Gasteiger partial charge < -0.3 is 9.64 Å². The van der Waals surface area contributed by atoms with Crippen LogP contribution in [0.1, 0.15) is 33.6 Å². The second kappa shape index (κ2) is 9.85. The van der Waals surface area contributed by atoms with Crippen LogP contribution in [0.5, 0.6) is 5.75 Å². The van der Waals surface area contributed by atoms with Crippen molar-refractivity contribution in [2.45, 2.75) is 30.8 Å². The summed E-state index contributed by atoms with van der Waals surface area (Å²) in [5.41, 5.74) is 1.25. The Hall–Kier alpha value is -2.68. The Morgan fingerprint density at radius 1 is 1.03 bits per heavy atom. The van der Waals surface area contributed by atoms with E-state index in [-0.39, 0.29) is 10.8 Å². The Kier molecular flexibility index (Phi) is 6.93. The summed E-state index contributed by atoms with van der Waals surface area (Å²) < 4.78 is 33.0. The predicted octanol–water partition coefficient (Wildman–Crippen LogP) is 4.38. The van der Waals surface area contributed by atoms with E-state index >= 15 is 0 Å². The zero-order valence-corrected chi connectivity index (χ0v) is 19.6. The van der Waals surface area contributed by atoms with Crippen LogP contribution < -0.4 is 4.74 Å². The van der Waals surface area contributed by atoms with Crippen molar-refractivity contribution < 1.29 is 17.9 Å². The molecule has 8 heteroatoms. The molecule has 1 aliphatic rings. The lowest BCUT2D eigenvalue weighted by atomic mass is 10.1. The Balaban J connectivity index is 1.65. The Morgan fingerprint density at radius 2 is 1.81 bits per heavy atom. The molecule has 0 aliphatic carbocycles. The molecule has 3 aromatic rings. The number of hydrogen-bond acceptors (Lipinski definition) is 5. The van der Waals surface area contributed by atoms with Crippen molar-refractivity contribution in [3.05, 3.63) is 82.0 Å². The van der Waals surface area contributed by atoms with Crippen LogP contribution in [-0.2, 0) is 23.1 Å². The molecule has 2 heterocycles. The highest BCUT2D eigenvalue weighted by Gasteiger charge is 2.28. The van der Waals surface area contributed by atoms with E-state index in [1.54, 1.807) is 41.5 Å². The van der Waals surface area contributed by atoms with Gasteiger partial charge in [0.25, 0.3) is 5.91 Å². The lowest BCUT2D eigenvalue weighted by Crippen LogP contribution is -2.31. The Morgan fingerprint density at radius 3 is 2.53 bits per heavy atom. The maximum Gasteiger partial charge on any atom is 0.254 e. The van der Waals surface area contributed by atoms with Crippen molar-refractivity contribution in [1.29, 1.82) is 0 Å². The second-order valence-corrected chi connectivity index (χ2v) is 10.7. The molecule has 0 bridgehead atoms. The van der Waals surface area contributed by atoms with Crippen LogP contribution in [0.2, 0.25) is 0 Å². The number of nitrogens with zero attached hydrogens (tertiary/aromatic N) is 2. The SMILES string of the molecule is COc1ccccc1CN(Cc1cccs1)C(=O)c1cccc(S(=O)(=O)N2CCCC2)c1. The molecule has 32 heavy (non-hydrogen) atoms.